The number of hydrogen-bond acceptors (Lipinski definition) is 4. The Morgan fingerprint density at radius 1 is 1.17 bits per heavy atom. The van der Waals surface area contributed by atoms with E-state index in [1.807, 2.05) is 18.2 Å². The van der Waals surface area contributed by atoms with E-state index in [9.17, 15) is 0 Å². The van der Waals surface area contributed by atoms with Gasteiger partial charge in [-0.1, -0.05) is 25.1 Å². The van der Waals surface area contributed by atoms with Gasteiger partial charge in [-0.3, -0.25) is 5.01 Å². The molecular formula is C19H20N2O2. The van der Waals surface area contributed by atoms with Crippen molar-refractivity contribution < 1.29 is 9.47 Å². The third-order valence-electron chi connectivity index (χ3n) is 4.55. The fourth-order valence-corrected chi connectivity index (χ4v) is 3.34. The fourth-order valence-electron chi connectivity index (χ4n) is 3.34. The summed E-state index contributed by atoms with van der Waals surface area (Å²) in [6.45, 7) is 2.14. The number of nitrogens with zero attached hydrogens (tertiary/aromatic N) is 2. The Hall–Kier alpha value is -2.49. The molecule has 23 heavy (non-hydrogen) atoms. The molecule has 0 aromatic heterocycles. The number of hydrazone groups is 1. The van der Waals surface area contributed by atoms with Crippen LogP contribution in [-0.4, -0.2) is 24.1 Å². The molecule has 2 heterocycles. The van der Waals surface area contributed by atoms with Crippen LogP contribution in [0.1, 0.15) is 36.9 Å². The van der Waals surface area contributed by atoms with Gasteiger partial charge < -0.3 is 9.47 Å². The van der Waals surface area contributed by atoms with Crippen LogP contribution < -0.4 is 9.47 Å². The molecule has 0 N–H and O–H groups in total. The Morgan fingerprint density at radius 3 is 2.70 bits per heavy atom. The van der Waals surface area contributed by atoms with E-state index in [4.69, 9.17) is 14.6 Å². The first kappa shape index (κ1) is 14.1. The van der Waals surface area contributed by atoms with Crippen molar-refractivity contribution in [3.8, 4) is 11.5 Å². The zero-order valence-corrected chi connectivity index (χ0v) is 13.4. The van der Waals surface area contributed by atoms with Crippen LogP contribution in [0.2, 0.25) is 0 Å². The highest BCUT2D eigenvalue weighted by Crippen LogP contribution is 2.43. The number of para-hydroxylation sites is 1. The third-order valence-corrected chi connectivity index (χ3v) is 4.55. The summed E-state index contributed by atoms with van der Waals surface area (Å²) in [6.07, 6.45) is 1.82. The maximum absolute atomic E-state index is 6.11. The first-order valence-corrected chi connectivity index (χ1v) is 8.06. The first-order chi connectivity index (χ1) is 11.3. The maximum atomic E-state index is 6.11. The van der Waals surface area contributed by atoms with Crippen molar-refractivity contribution in [3.05, 3.63) is 59.7 Å². The molecule has 2 aliphatic rings. The molecule has 0 aliphatic carbocycles. The van der Waals surface area contributed by atoms with Crippen molar-refractivity contribution in [1.82, 2.24) is 5.01 Å². The van der Waals surface area contributed by atoms with E-state index in [2.05, 4.69) is 42.3 Å². The summed E-state index contributed by atoms with van der Waals surface area (Å²) in [7, 11) is 1.68. The van der Waals surface area contributed by atoms with Crippen molar-refractivity contribution in [1.29, 1.82) is 0 Å². The van der Waals surface area contributed by atoms with Crippen molar-refractivity contribution in [2.75, 3.05) is 7.11 Å². The highest BCUT2D eigenvalue weighted by molar-refractivity contribution is 6.02. The smallest absolute Gasteiger partial charge is 0.187 e. The van der Waals surface area contributed by atoms with Crippen LogP contribution in [0, 0.1) is 0 Å². The molecule has 4 rings (SSSR count). The molecule has 0 amide bonds. The standard InChI is InChI=1S/C19H20N2O2/c1-3-19-21-17(15-6-4-5-7-18(15)23-19)12-16(20-21)13-8-10-14(22-2)11-9-13/h4-11,17,19H,3,12H2,1-2H3/t17-,19-/m1/s1. The topological polar surface area (TPSA) is 34.1 Å². The highest BCUT2D eigenvalue weighted by atomic mass is 16.5. The number of benzene rings is 2. The van der Waals surface area contributed by atoms with Crippen LogP contribution in [-0.2, 0) is 0 Å². The van der Waals surface area contributed by atoms with Crippen molar-refractivity contribution >= 4 is 5.71 Å². The van der Waals surface area contributed by atoms with Gasteiger partial charge in [0.1, 0.15) is 11.5 Å². The molecule has 2 aromatic carbocycles. The molecule has 2 aliphatic heterocycles. The van der Waals surface area contributed by atoms with Gasteiger partial charge in [-0.05, 0) is 35.9 Å². The molecule has 0 radical (unpaired) electrons. The second kappa shape index (κ2) is 5.61. The Balaban J connectivity index is 1.69. The Morgan fingerprint density at radius 2 is 1.96 bits per heavy atom. The molecule has 0 bridgehead atoms. The second-order valence-corrected chi connectivity index (χ2v) is 5.89. The number of rotatable bonds is 3. The Labute approximate surface area is 136 Å². The monoisotopic (exact) mass is 308 g/mol. The molecule has 2 atom stereocenters. The number of hydrogen-bond donors (Lipinski definition) is 0. The predicted molar refractivity (Wildman–Crippen MR) is 89.9 cm³/mol. The average Bonchev–Trinajstić information content (AvgIpc) is 3.06. The molecule has 118 valence electrons. The maximum Gasteiger partial charge on any atom is 0.187 e. The van der Waals surface area contributed by atoms with Crippen LogP contribution in [0.15, 0.2) is 53.6 Å². The second-order valence-electron chi connectivity index (χ2n) is 5.89. The van der Waals surface area contributed by atoms with E-state index in [-0.39, 0.29) is 12.3 Å². The minimum atomic E-state index is 0.00523. The van der Waals surface area contributed by atoms with E-state index < -0.39 is 0 Å². The normalized spacial score (nSPS) is 22.0. The van der Waals surface area contributed by atoms with Crippen LogP contribution in [0.4, 0.5) is 0 Å². The predicted octanol–water partition coefficient (Wildman–Crippen LogP) is 3.97. The molecule has 4 nitrogen and oxygen atoms in total. The number of ether oxygens (including phenoxy) is 2. The average molecular weight is 308 g/mol. The van der Waals surface area contributed by atoms with E-state index in [1.165, 1.54) is 5.56 Å². The summed E-state index contributed by atoms with van der Waals surface area (Å²) < 4.78 is 11.4. The van der Waals surface area contributed by atoms with Crippen LogP contribution in [0.3, 0.4) is 0 Å². The molecular weight excluding hydrogens is 288 g/mol. The van der Waals surface area contributed by atoms with Crippen molar-refractivity contribution in [2.24, 2.45) is 5.10 Å². The van der Waals surface area contributed by atoms with Gasteiger partial charge in [0.05, 0.1) is 18.9 Å². The van der Waals surface area contributed by atoms with Crippen LogP contribution in [0.25, 0.3) is 0 Å². The lowest BCUT2D eigenvalue weighted by molar-refractivity contribution is -0.0188. The van der Waals surface area contributed by atoms with Gasteiger partial charge in [-0.25, -0.2) is 0 Å². The van der Waals surface area contributed by atoms with E-state index >= 15 is 0 Å². The van der Waals surface area contributed by atoms with Gasteiger partial charge in [0.2, 0.25) is 0 Å². The molecule has 0 saturated carbocycles. The Bertz CT molecular complexity index is 739. The molecule has 0 unspecified atom stereocenters. The fraction of sp³-hybridized carbons (Fsp3) is 0.316. The first-order valence-electron chi connectivity index (χ1n) is 8.06. The van der Waals surface area contributed by atoms with E-state index in [0.717, 1.165) is 35.6 Å². The van der Waals surface area contributed by atoms with Crippen LogP contribution in [0.5, 0.6) is 11.5 Å². The molecule has 2 aromatic rings. The third kappa shape index (κ3) is 2.34. The summed E-state index contributed by atoms with van der Waals surface area (Å²) in [5.41, 5.74) is 3.48. The minimum absolute atomic E-state index is 0.00523. The lowest BCUT2D eigenvalue weighted by Crippen LogP contribution is -2.39. The van der Waals surface area contributed by atoms with Gasteiger partial charge in [0.15, 0.2) is 6.23 Å². The molecule has 4 heteroatoms. The van der Waals surface area contributed by atoms with Gasteiger partial charge in [-0.2, -0.15) is 5.10 Å². The summed E-state index contributed by atoms with van der Waals surface area (Å²) >= 11 is 0. The van der Waals surface area contributed by atoms with E-state index in [0.29, 0.717) is 0 Å². The summed E-state index contributed by atoms with van der Waals surface area (Å²) in [5, 5.41) is 7.00. The van der Waals surface area contributed by atoms with Crippen molar-refractivity contribution in [3.63, 3.8) is 0 Å². The van der Waals surface area contributed by atoms with Gasteiger partial charge in [-0.15, -0.1) is 0 Å². The quantitative estimate of drug-likeness (QED) is 0.860. The summed E-state index contributed by atoms with van der Waals surface area (Å²) in [5.74, 6) is 1.86. The zero-order valence-electron chi connectivity index (χ0n) is 13.4. The largest absolute Gasteiger partial charge is 0.497 e. The lowest BCUT2D eigenvalue weighted by Gasteiger charge is -2.37. The molecule has 0 fully saturated rings. The zero-order chi connectivity index (χ0) is 15.8. The van der Waals surface area contributed by atoms with Gasteiger partial charge in [0.25, 0.3) is 0 Å². The van der Waals surface area contributed by atoms with Gasteiger partial charge >= 0.3 is 0 Å². The van der Waals surface area contributed by atoms with Crippen molar-refractivity contribution in [2.45, 2.75) is 32.0 Å². The number of fused-ring (bicyclic) bond motifs is 3. The SMILES string of the molecule is CC[C@H]1Oc2ccccc2[C@H]2CC(c3ccc(OC)cc3)=NN21. The lowest BCUT2D eigenvalue weighted by atomic mass is 9.96. The summed E-state index contributed by atoms with van der Waals surface area (Å²) in [6, 6.07) is 16.7. The van der Waals surface area contributed by atoms with Gasteiger partial charge in [0, 0.05) is 18.4 Å². The van der Waals surface area contributed by atoms with E-state index in [1.54, 1.807) is 7.11 Å². The molecule has 0 saturated heterocycles. The minimum Gasteiger partial charge on any atom is -0.497 e. The van der Waals surface area contributed by atoms with Crippen LogP contribution >= 0.6 is 0 Å². The Kier molecular flexibility index (Phi) is 3.45. The molecule has 0 spiro atoms. The highest BCUT2D eigenvalue weighted by Gasteiger charge is 2.39. The summed E-state index contributed by atoms with van der Waals surface area (Å²) in [4.78, 5) is 0. The number of methoxy groups -OCH3 is 1.